The number of carbonyl (C=O) groups is 3. The molecule has 0 fully saturated rings. The third-order valence-electron chi connectivity index (χ3n) is 4.92. The van der Waals surface area contributed by atoms with Crippen molar-refractivity contribution in [3.8, 4) is 11.5 Å². The minimum absolute atomic E-state index is 0.0509. The van der Waals surface area contributed by atoms with Crippen LogP contribution in [0.5, 0.6) is 11.5 Å². The molecule has 2 heterocycles. The van der Waals surface area contributed by atoms with E-state index in [0.717, 1.165) is 4.90 Å². The highest BCUT2D eigenvalue weighted by Crippen LogP contribution is 2.38. The van der Waals surface area contributed by atoms with Crippen molar-refractivity contribution in [2.24, 2.45) is 0 Å². The predicted molar refractivity (Wildman–Crippen MR) is 99.6 cm³/mol. The van der Waals surface area contributed by atoms with Crippen molar-refractivity contribution in [2.75, 3.05) is 27.3 Å². The van der Waals surface area contributed by atoms with Crippen LogP contribution in [0, 0.1) is 0 Å². The lowest BCUT2D eigenvalue weighted by molar-refractivity contribution is 0.0633. The first kappa shape index (κ1) is 18.9. The van der Waals surface area contributed by atoms with Crippen LogP contribution < -0.4 is 9.47 Å². The number of ether oxygens (including phenoxy) is 2. The van der Waals surface area contributed by atoms with Crippen molar-refractivity contribution < 1.29 is 32.3 Å². The lowest BCUT2D eigenvalue weighted by Crippen LogP contribution is -2.40. The van der Waals surface area contributed by atoms with Crippen molar-refractivity contribution in [3.63, 3.8) is 0 Å². The number of benzene rings is 2. The summed E-state index contributed by atoms with van der Waals surface area (Å²) in [5.74, 6) is -1.40. The summed E-state index contributed by atoms with van der Waals surface area (Å²) in [6, 6.07) is 8.86. The monoisotopic (exact) mass is 416 g/mol. The molecule has 3 amide bonds. The first-order chi connectivity index (χ1) is 13.8. The third kappa shape index (κ3) is 2.67. The first-order valence-electron chi connectivity index (χ1n) is 8.59. The van der Waals surface area contributed by atoms with Crippen LogP contribution in [0.25, 0.3) is 0 Å². The average molecular weight is 416 g/mol. The maximum Gasteiger partial charge on any atom is 0.269 e. The molecule has 4 rings (SSSR count). The number of fused-ring (bicyclic) bond motifs is 2. The summed E-state index contributed by atoms with van der Waals surface area (Å²) < 4.78 is 36.6. The Labute approximate surface area is 166 Å². The number of nitrogens with zero attached hydrogens (tertiary/aromatic N) is 2. The van der Waals surface area contributed by atoms with Crippen LogP contribution in [0.2, 0.25) is 0 Å². The van der Waals surface area contributed by atoms with Gasteiger partial charge in [0.1, 0.15) is 4.90 Å². The average Bonchev–Trinajstić information content (AvgIpc) is 3.07. The minimum atomic E-state index is -4.15. The van der Waals surface area contributed by atoms with Gasteiger partial charge in [-0.15, -0.1) is 0 Å². The van der Waals surface area contributed by atoms with Crippen molar-refractivity contribution in [2.45, 2.75) is 4.90 Å². The fraction of sp³-hybridized carbons (Fsp3) is 0.211. The van der Waals surface area contributed by atoms with Gasteiger partial charge in [0.15, 0.2) is 11.5 Å². The third-order valence-corrected chi connectivity index (χ3v) is 6.74. The first-order valence-corrected chi connectivity index (χ1v) is 10.0. The smallest absolute Gasteiger partial charge is 0.269 e. The van der Waals surface area contributed by atoms with Gasteiger partial charge in [-0.1, -0.05) is 12.1 Å². The number of rotatable bonds is 5. The Kier molecular flexibility index (Phi) is 4.30. The van der Waals surface area contributed by atoms with Crippen LogP contribution in [0.4, 0.5) is 0 Å². The van der Waals surface area contributed by atoms with Gasteiger partial charge in [0.25, 0.3) is 27.7 Å². The van der Waals surface area contributed by atoms with E-state index in [-0.39, 0.29) is 46.2 Å². The molecule has 2 aliphatic heterocycles. The van der Waals surface area contributed by atoms with E-state index in [1.807, 2.05) is 0 Å². The van der Waals surface area contributed by atoms with Crippen LogP contribution in [-0.2, 0) is 10.0 Å². The van der Waals surface area contributed by atoms with Gasteiger partial charge in [-0.05, 0) is 18.2 Å². The Bertz CT molecular complexity index is 1140. The molecule has 0 radical (unpaired) electrons. The quantitative estimate of drug-likeness (QED) is 0.672. The second-order valence-electron chi connectivity index (χ2n) is 6.39. The molecule has 0 bridgehead atoms. The fourth-order valence-corrected chi connectivity index (χ4v) is 5.01. The molecule has 9 nitrogen and oxygen atoms in total. The minimum Gasteiger partial charge on any atom is -0.493 e. The second kappa shape index (κ2) is 6.59. The largest absolute Gasteiger partial charge is 0.493 e. The number of hydrogen-bond donors (Lipinski definition) is 0. The second-order valence-corrected chi connectivity index (χ2v) is 8.22. The molecule has 2 aromatic carbocycles. The summed E-state index contributed by atoms with van der Waals surface area (Å²) in [4.78, 5) is 38.4. The van der Waals surface area contributed by atoms with E-state index in [4.69, 9.17) is 9.47 Å². The highest BCUT2D eigenvalue weighted by atomic mass is 32.2. The van der Waals surface area contributed by atoms with Gasteiger partial charge in [0.2, 0.25) is 0 Å². The van der Waals surface area contributed by atoms with E-state index in [9.17, 15) is 22.8 Å². The molecule has 0 saturated carbocycles. The molecule has 0 aromatic heterocycles. The molecular formula is C19H16N2O7S. The maximum absolute atomic E-state index is 12.9. The standard InChI is InChI=1S/C19H16N2O7S/c1-27-14-9-13-16(10-15(14)28-2)29(25,26)21(19(13)24)8-7-20-17(22)11-5-3-4-6-12(11)18(20)23/h3-6,9-10H,7-8H2,1-2H3. The van der Waals surface area contributed by atoms with Crippen molar-refractivity contribution in [1.29, 1.82) is 0 Å². The van der Waals surface area contributed by atoms with Crippen molar-refractivity contribution in [3.05, 3.63) is 53.1 Å². The van der Waals surface area contributed by atoms with Crippen LogP contribution in [0.1, 0.15) is 31.1 Å². The lowest BCUT2D eigenvalue weighted by atomic mass is 10.1. The molecule has 29 heavy (non-hydrogen) atoms. The summed E-state index contributed by atoms with van der Waals surface area (Å²) in [6.07, 6.45) is 0. The van der Waals surface area contributed by atoms with Gasteiger partial charge < -0.3 is 9.47 Å². The molecule has 2 aromatic rings. The Hall–Kier alpha value is -3.40. The van der Waals surface area contributed by atoms with E-state index < -0.39 is 27.7 Å². The summed E-state index contributed by atoms with van der Waals surface area (Å²) in [7, 11) is -1.42. The molecule has 0 aliphatic carbocycles. The number of sulfonamides is 1. The van der Waals surface area contributed by atoms with Gasteiger partial charge in [-0.25, -0.2) is 12.7 Å². The fourth-order valence-electron chi connectivity index (χ4n) is 3.46. The SMILES string of the molecule is COc1cc2c(cc1OC)S(=O)(=O)N(CCN1C(=O)c3ccccc3C1=O)C2=O. The van der Waals surface area contributed by atoms with Crippen LogP contribution in [0.3, 0.4) is 0 Å². The predicted octanol–water partition coefficient (Wildman–Crippen LogP) is 1.14. The zero-order chi connectivity index (χ0) is 20.9. The topological polar surface area (TPSA) is 110 Å². The number of amides is 3. The summed E-state index contributed by atoms with van der Waals surface area (Å²) in [5, 5.41) is 0. The molecule has 2 aliphatic rings. The molecule has 0 saturated heterocycles. The summed E-state index contributed by atoms with van der Waals surface area (Å²) >= 11 is 0. The zero-order valence-electron chi connectivity index (χ0n) is 15.5. The molecule has 0 spiro atoms. The Morgan fingerprint density at radius 1 is 0.793 bits per heavy atom. The Morgan fingerprint density at radius 3 is 1.90 bits per heavy atom. The van der Waals surface area contributed by atoms with E-state index >= 15 is 0 Å². The van der Waals surface area contributed by atoms with E-state index in [0.29, 0.717) is 4.31 Å². The Morgan fingerprint density at radius 2 is 1.34 bits per heavy atom. The van der Waals surface area contributed by atoms with Crippen LogP contribution >= 0.6 is 0 Å². The number of imide groups is 1. The van der Waals surface area contributed by atoms with E-state index in [1.165, 1.54) is 38.5 Å². The maximum atomic E-state index is 12.9. The van der Waals surface area contributed by atoms with Crippen molar-refractivity contribution in [1.82, 2.24) is 9.21 Å². The van der Waals surface area contributed by atoms with Gasteiger partial charge in [0, 0.05) is 12.6 Å². The van der Waals surface area contributed by atoms with Gasteiger partial charge in [-0.3, -0.25) is 19.3 Å². The van der Waals surface area contributed by atoms with Crippen LogP contribution in [0.15, 0.2) is 41.3 Å². The summed E-state index contributed by atoms with van der Waals surface area (Å²) in [6.45, 7) is -0.606. The Balaban J connectivity index is 1.62. The molecule has 150 valence electrons. The highest BCUT2D eigenvalue weighted by molar-refractivity contribution is 7.90. The molecule has 0 atom stereocenters. The van der Waals surface area contributed by atoms with Crippen LogP contribution in [-0.4, -0.2) is 62.7 Å². The van der Waals surface area contributed by atoms with Gasteiger partial charge in [-0.2, -0.15) is 0 Å². The molecular weight excluding hydrogens is 400 g/mol. The number of carbonyl (C=O) groups excluding carboxylic acids is 3. The highest BCUT2D eigenvalue weighted by Gasteiger charge is 2.43. The number of methoxy groups -OCH3 is 2. The van der Waals surface area contributed by atoms with E-state index in [1.54, 1.807) is 12.1 Å². The van der Waals surface area contributed by atoms with Gasteiger partial charge in [0.05, 0.1) is 37.5 Å². The normalized spacial score (nSPS) is 16.8. The lowest BCUT2D eigenvalue weighted by Gasteiger charge is -2.19. The number of hydrogen-bond acceptors (Lipinski definition) is 7. The van der Waals surface area contributed by atoms with E-state index in [2.05, 4.69) is 0 Å². The summed E-state index contributed by atoms with van der Waals surface area (Å²) in [5.41, 5.74) is 0.460. The van der Waals surface area contributed by atoms with Gasteiger partial charge >= 0.3 is 0 Å². The van der Waals surface area contributed by atoms with Crippen molar-refractivity contribution >= 4 is 27.7 Å². The molecule has 10 heteroatoms. The molecule has 0 N–H and O–H groups in total. The zero-order valence-corrected chi connectivity index (χ0v) is 16.4. The molecule has 0 unspecified atom stereocenters.